The minimum Gasteiger partial charge on any atom is -0.353 e. The molecule has 18 heavy (non-hydrogen) atoms. The maximum absolute atomic E-state index is 6.07. The molecule has 0 bridgehead atoms. The van der Waals surface area contributed by atoms with Crippen LogP contribution < -0.4 is 10.6 Å². The van der Waals surface area contributed by atoms with E-state index in [0.717, 1.165) is 9.47 Å². The third-order valence-electron chi connectivity index (χ3n) is 2.31. The SMILES string of the molecule is CC(N)C(Sc1nnc(N(C)C)s1)c1cccs1. The van der Waals surface area contributed by atoms with E-state index >= 15 is 0 Å². The van der Waals surface area contributed by atoms with Crippen molar-refractivity contribution in [3.8, 4) is 0 Å². The minimum absolute atomic E-state index is 0.0837. The van der Waals surface area contributed by atoms with E-state index < -0.39 is 0 Å². The van der Waals surface area contributed by atoms with Crippen LogP contribution in [0.2, 0.25) is 0 Å². The maximum atomic E-state index is 6.07. The Morgan fingerprint density at radius 2 is 2.17 bits per heavy atom. The first-order valence-electron chi connectivity index (χ1n) is 5.54. The molecule has 0 aliphatic carbocycles. The predicted molar refractivity (Wildman–Crippen MR) is 80.8 cm³/mol. The van der Waals surface area contributed by atoms with E-state index in [4.69, 9.17) is 5.73 Å². The lowest BCUT2D eigenvalue weighted by atomic mass is 10.2. The molecule has 2 aromatic rings. The molecule has 0 aliphatic rings. The summed E-state index contributed by atoms with van der Waals surface area (Å²) in [5.41, 5.74) is 6.07. The molecule has 98 valence electrons. The second-order valence-corrected chi connectivity index (χ2v) is 7.48. The molecule has 7 heteroatoms. The molecule has 0 radical (unpaired) electrons. The molecule has 0 fully saturated rings. The Balaban J connectivity index is 2.14. The Bertz CT molecular complexity index is 478. The van der Waals surface area contributed by atoms with E-state index in [1.54, 1.807) is 34.4 Å². The van der Waals surface area contributed by atoms with Gasteiger partial charge in [-0.05, 0) is 18.4 Å². The summed E-state index contributed by atoms with van der Waals surface area (Å²) in [5, 5.41) is 11.6. The van der Waals surface area contributed by atoms with Crippen molar-refractivity contribution in [2.75, 3.05) is 19.0 Å². The van der Waals surface area contributed by atoms with Crippen LogP contribution in [0.1, 0.15) is 17.1 Å². The van der Waals surface area contributed by atoms with Crippen molar-refractivity contribution in [2.45, 2.75) is 22.6 Å². The Hall–Kier alpha value is -0.630. The van der Waals surface area contributed by atoms with Gasteiger partial charge in [-0.15, -0.1) is 21.5 Å². The summed E-state index contributed by atoms with van der Waals surface area (Å²) in [6.45, 7) is 2.03. The lowest BCUT2D eigenvalue weighted by Crippen LogP contribution is -2.21. The van der Waals surface area contributed by atoms with Crippen LogP contribution in [-0.2, 0) is 0 Å². The van der Waals surface area contributed by atoms with Gasteiger partial charge in [0.2, 0.25) is 5.13 Å². The van der Waals surface area contributed by atoms with Gasteiger partial charge in [-0.2, -0.15) is 0 Å². The first kappa shape index (κ1) is 13.8. The van der Waals surface area contributed by atoms with Gasteiger partial charge in [0.05, 0.1) is 5.25 Å². The average molecular weight is 300 g/mol. The van der Waals surface area contributed by atoms with E-state index in [1.807, 2.05) is 25.9 Å². The van der Waals surface area contributed by atoms with Crippen molar-refractivity contribution >= 4 is 39.6 Å². The number of nitrogens with zero attached hydrogens (tertiary/aromatic N) is 3. The highest BCUT2D eigenvalue weighted by Gasteiger charge is 2.21. The molecule has 2 unspecified atom stereocenters. The molecule has 2 aromatic heterocycles. The fourth-order valence-corrected chi connectivity index (χ4v) is 4.49. The molecular formula is C11H16N4S3. The fourth-order valence-electron chi connectivity index (χ4n) is 1.42. The van der Waals surface area contributed by atoms with Gasteiger partial charge in [-0.3, -0.25) is 0 Å². The Kier molecular flexibility index (Phi) is 4.60. The van der Waals surface area contributed by atoms with Gasteiger partial charge in [0.25, 0.3) is 0 Å². The largest absolute Gasteiger partial charge is 0.353 e. The first-order chi connectivity index (χ1) is 8.58. The van der Waals surface area contributed by atoms with Crippen molar-refractivity contribution < 1.29 is 0 Å². The highest BCUT2D eigenvalue weighted by molar-refractivity contribution is 8.01. The standard InChI is InChI=1S/C11H16N4S3/c1-7(12)9(8-5-4-6-16-8)17-11-14-13-10(18-11)15(2)3/h4-7,9H,12H2,1-3H3. The zero-order valence-electron chi connectivity index (χ0n) is 10.5. The summed E-state index contributed by atoms with van der Waals surface area (Å²) in [4.78, 5) is 3.25. The molecule has 2 heterocycles. The second-order valence-electron chi connectivity index (χ2n) is 4.16. The van der Waals surface area contributed by atoms with Gasteiger partial charge in [-0.1, -0.05) is 29.2 Å². The summed E-state index contributed by atoms with van der Waals surface area (Å²) in [5.74, 6) is 0. The molecule has 0 aliphatic heterocycles. The van der Waals surface area contributed by atoms with E-state index in [-0.39, 0.29) is 11.3 Å². The van der Waals surface area contributed by atoms with Gasteiger partial charge in [0.1, 0.15) is 0 Å². The number of thiophene rings is 1. The number of hydrogen-bond donors (Lipinski definition) is 1. The van der Waals surface area contributed by atoms with Crippen LogP contribution in [0.3, 0.4) is 0 Å². The van der Waals surface area contributed by atoms with Crippen molar-refractivity contribution in [2.24, 2.45) is 5.73 Å². The number of nitrogens with two attached hydrogens (primary N) is 1. The summed E-state index contributed by atoms with van der Waals surface area (Å²) in [6.07, 6.45) is 0. The topological polar surface area (TPSA) is 55.0 Å². The average Bonchev–Trinajstić information content (AvgIpc) is 2.96. The molecular weight excluding hydrogens is 284 g/mol. The van der Waals surface area contributed by atoms with Crippen LogP contribution in [0.5, 0.6) is 0 Å². The minimum atomic E-state index is 0.0837. The van der Waals surface area contributed by atoms with Crippen LogP contribution in [0.4, 0.5) is 5.13 Å². The van der Waals surface area contributed by atoms with E-state index in [2.05, 4.69) is 27.7 Å². The molecule has 0 saturated carbocycles. The summed E-state index contributed by atoms with van der Waals surface area (Å²) in [6, 6.07) is 4.27. The number of hydrogen-bond acceptors (Lipinski definition) is 7. The summed E-state index contributed by atoms with van der Waals surface area (Å²) < 4.78 is 0.967. The van der Waals surface area contributed by atoms with Crippen LogP contribution in [0.25, 0.3) is 0 Å². The second kappa shape index (κ2) is 6.01. The van der Waals surface area contributed by atoms with E-state index in [1.165, 1.54) is 4.88 Å². The van der Waals surface area contributed by atoms with Crippen LogP contribution in [-0.4, -0.2) is 30.3 Å². The molecule has 0 saturated heterocycles. The molecule has 2 rings (SSSR count). The number of anilines is 1. The quantitative estimate of drug-likeness (QED) is 0.861. The molecule has 0 aromatic carbocycles. The third-order valence-corrected chi connectivity index (χ3v) is 6.06. The lowest BCUT2D eigenvalue weighted by Gasteiger charge is -2.17. The van der Waals surface area contributed by atoms with Crippen LogP contribution in [0.15, 0.2) is 21.9 Å². The third kappa shape index (κ3) is 3.23. The van der Waals surface area contributed by atoms with Gasteiger partial charge in [0.15, 0.2) is 4.34 Å². The highest BCUT2D eigenvalue weighted by atomic mass is 32.2. The summed E-state index contributed by atoms with van der Waals surface area (Å²) in [7, 11) is 3.94. The monoisotopic (exact) mass is 300 g/mol. The Morgan fingerprint density at radius 1 is 1.39 bits per heavy atom. The Labute approximate surface area is 119 Å². The Morgan fingerprint density at radius 3 is 2.67 bits per heavy atom. The highest BCUT2D eigenvalue weighted by Crippen LogP contribution is 2.41. The van der Waals surface area contributed by atoms with Crippen molar-refractivity contribution in [3.63, 3.8) is 0 Å². The molecule has 0 amide bonds. The fraction of sp³-hybridized carbons (Fsp3) is 0.455. The predicted octanol–water partition coefficient (Wildman–Crippen LogP) is 2.85. The lowest BCUT2D eigenvalue weighted by molar-refractivity contribution is 0.729. The van der Waals surface area contributed by atoms with Crippen molar-refractivity contribution in [1.29, 1.82) is 0 Å². The van der Waals surface area contributed by atoms with Gasteiger partial charge < -0.3 is 10.6 Å². The first-order valence-corrected chi connectivity index (χ1v) is 8.12. The smallest absolute Gasteiger partial charge is 0.208 e. The molecule has 4 nitrogen and oxygen atoms in total. The molecule has 2 atom stereocenters. The van der Waals surface area contributed by atoms with Crippen molar-refractivity contribution in [3.05, 3.63) is 22.4 Å². The molecule has 0 spiro atoms. The molecule has 2 N–H and O–H groups in total. The summed E-state index contributed by atoms with van der Waals surface area (Å²) >= 11 is 5.03. The normalized spacial score (nSPS) is 14.4. The number of rotatable bonds is 5. The van der Waals surface area contributed by atoms with Crippen LogP contribution >= 0.6 is 34.4 Å². The zero-order valence-corrected chi connectivity index (χ0v) is 13.0. The number of thioether (sulfide) groups is 1. The van der Waals surface area contributed by atoms with Gasteiger partial charge in [0, 0.05) is 25.0 Å². The van der Waals surface area contributed by atoms with E-state index in [0.29, 0.717) is 0 Å². The van der Waals surface area contributed by atoms with Crippen molar-refractivity contribution in [1.82, 2.24) is 10.2 Å². The van der Waals surface area contributed by atoms with Gasteiger partial charge in [-0.25, -0.2) is 0 Å². The zero-order chi connectivity index (χ0) is 13.1. The van der Waals surface area contributed by atoms with E-state index in [9.17, 15) is 0 Å². The van der Waals surface area contributed by atoms with Crippen LogP contribution in [0, 0.1) is 0 Å². The van der Waals surface area contributed by atoms with Gasteiger partial charge >= 0.3 is 0 Å². The maximum Gasteiger partial charge on any atom is 0.208 e. The number of aromatic nitrogens is 2.